The van der Waals surface area contributed by atoms with Gasteiger partial charge in [-0.1, -0.05) is 59.9 Å². The predicted molar refractivity (Wildman–Crippen MR) is 95.8 cm³/mol. The summed E-state index contributed by atoms with van der Waals surface area (Å²) >= 11 is 3.05. The molecule has 0 unspecified atom stereocenters. The zero-order valence-electron chi connectivity index (χ0n) is 12.3. The van der Waals surface area contributed by atoms with Gasteiger partial charge in [0, 0.05) is 22.6 Å². The molecule has 116 valence electrons. The van der Waals surface area contributed by atoms with E-state index in [1.165, 1.54) is 16.2 Å². The van der Waals surface area contributed by atoms with Crippen molar-refractivity contribution >= 4 is 34.1 Å². The van der Waals surface area contributed by atoms with E-state index in [-0.39, 0.29) is 5.91 Å². The molecule has 0 aliphatic heterocycles. The number of rotatable bonds is 6. The van der Waals surface area contributed by atoms with Crippen LogP contribution in [0, 0.1) is 0 Å². The SMILES string of the molecule is O=C(CCSc1ccccc1)Nc1nnc(-c2ccccc2)s1. The Kier molecular flexibility index (Phi) is 5.39. The van der Waals surface area contributed by atoms with Crippen LogP contribution in [0.25, 0.3) is 10.6 Å². The number of carbonyl (C=O) groups is 1. The van der Waals surface area contributed by atoms with E-state index in [4.69, 9.17) is 0 Å². The van der Waals surface area contributed by atoms with E-state index in [0.29, 0.717) is 11.6 Å². The molecule has 1 N–H and O–H groups in total. The maximum Gasteiger partial charge on any atom is 0.227 e. The smallest absolute Gasteiger partial charge is 0.227 e. The zero-order valence-corrected chi connectivity index (χ0v) is 13.9. The lowest BCUT2D eigenvalue weighted by Gasteiger charge is -2.01. The van der Waals surface area contributed by atoms with Crippen molar-refractivity contribution in [2.75, 3.05) is 11.1 Å². The summed E-state index contributed by atoms with van der Waals surface area (Å²) in [7, 11) is 0. The van der Waals surface area contributed by atoms with E-state index in [0.717, 1.165) is 16.3 Å². The second-order valence-corrected chi connectivity index (χ2v) is 6.88. The molecule has 1 heterocycles. The fraction of sp³-hybridized carbons (Fsp3) is 0.118. The van der Waals surface area contributed by atoms with Gasteiger partial charge in [-0.05, 0) is 12.1 Å². The number of aromatic nitrogens is 2. The second-order valence-electron chi connectivity index (χ2n) is 4.74. The highest BCUT2D eigenvalue weighted by Crippen LogP contribution is 2.26. The summed E-state index contributed by atoms with van der Waals surface area (Å²) in [5.74, 6) is 0.699. The minimum absolute atomic E-state index is 0.0378. The molecule has 3 rings (SSSR count). The fourth-order valence-electron chi connectivity index (χ4n) is 1.93. The topological polar surface area (TPSA) is 54.9 Å². The summed E-state index contributed by atoms with van der Waals surface area (Å²) in [5.41, 5.74) is 1.00. The lowest BCUT2D eigenvalue weighted by molar-refractivity contribution is -0.115. The Morgan fingerprint density at radius 2 is 1.70 bits per heavy atom. The van der Waals surface area contributed by atoms with Gasteiger partial charge < -0.3 is 5.32 Å². The van der Waals surface area contributed by atoms with Crippen molar-refractivity contribution in [3.8, 4) is 10.6 Å². The first-order valence-corrected chi connectivity index (χ1v) is 8.98. The summed E-state index contributed by atoms with van der Waals surface area (Å²) in [6.45, 7) is 0. The van der Waals surface area contributed by atoms with E-state index in [1.807, 2.05) is 60.7 Å². The third kappa shape index (κ3) is 4.64. The second kappa shape index (κ2) is 7.89. The van der Waals surface area contributed by atoms with Gasteiger partial charge in [-0.25, -0.2) is 0 Å². The summed E-state index contributed by atoms with van der Waals surface area (Å²) in [6.07, 6.45) is 0.444. The van der Waals surface area contributed by atoms with Crippen LogP contribution in [0.4, 0.5) is 5.13 Å². The van der Waals surface area contributed by atoms with Gasteiger partial charge in [-0.2, -0.15) is 0 Å². The lowest BCUT2D eigenvalue weighted by atomic mass is 10.2. The Morgan fingerprint density at radius 1 is 1.00 bits per heavy atom. The van der Waals surface area contributed by atoms with Gasteiger partial charge >= 0.3 is 0 Å². The number of hydrogen-bond donors (Lipinski definition) is 1. The molecular weight excluding hydrogens is 326 g/mol. The maximum atomic E-state index is 12.0. The van der Waals surface area contributed by atoms with Crippen molar-refractivity contribution in [2.45, 2.75) is 11.3 Å². The molecule has 4 nitrogen and oxygen atoms in total. The Morgan fingerprint density at radius 3 is 2.43 bits per heavy atom. The Balaban J connectivity index is 1.49. The van der Waals surface area contributed by atoms with Gasteiger partial charge in [0.15, 0.2) is 0 Å². The van der Waals surface area contributed by atoms with Crippen molar-refractivity contribution < 1.29 is 4.79 Å². The molecule has 2 aromatic carbocycles. The molecule has 6 heteroatoms. The number of amides is 1. The molecule has 0 atom stereocenters. The summed E-state index contributed by atoms with van der Waals surface area (Å²) in [6, 6.07) is 19.9. The average Bonchev–Trinajstić information content (AvgIpc) is 3.05. The molecule has 1 aromatic heterocycles. The average molecular weight is 341 g/mol. The van der Waals surface area contributed by atoms with E-state index < -0.39 is 0 Å². The molecule has 0 spiro atoms. The van der Waals surface area contributed by atoms with Crippen molar-refractivity contribution in [1.82, 2.24) is 10.2 Å². The standard InChI is InChI=1S/C17H15N3OS2/c21-15(11-12-22-14-9-5-2-6-10-14)18-17-20-19-16(23-17)13-7-3-1-4-8-13/h1-10H,11-12H2,(H,18,20,21). The van der Waals surface area contributed by atoms with Crippen molar-refractivity contribution in [3.63, 3.8) is 0 Å². The number of carbonyl (C=O) groups excluding carboxylic acids is 1. The largest absolute Gasteiger partial charge is 0.300 e. The Labute approximate surface area is 143 Å². The molecule has 23 heavy (non-hydrogen) atoms. The minimum Gasteiger partial charge on any atom is -0.300 e. The summed E-state index contributed by atoms with van der Waals surface area (Å²) in [5, 5.41) is 12.3. The van der Waals surface area contributed by atoms with Crippen LogP contribution < -0.4 is 5.32 Å². The van der Waals surface area contributed by atoms with Crippen LogP contribution in [0.2, 0.25) is 0 Å². The highest BCUT2D eigenvalue weighted by atomic mass is 32.2. The van der Waals surface area contributed by atoms with E-state index in [9.17, 15) is 4.79 Å². The fourth-order valence-corrected chi connectivity index (χ4v) is 3.57. The number of thioether (sulfide) groups is 1. The van der Waals surface area contributed by atoms with Gasteiger partial charge in [-0.15, -0.1) is 22.0 Å². The van der Waals surface area contributed by atoms with Crippen LogP contribution in [-0.2, 0) is 4.79 Å². The molecule has 0 bridgehead atoms. The number of nitrogens with one attached hydrogen (secondary N) is 1. The third-order valence-corrected chi connectivity index (χ3v) is 4.93. The first kappa shape index (κ1) is 15.7. The number of hydrogen-bond acceptors (Lipinski definition) is 5. The number of anilines is 1. The molecule has 0 aliphatic rings. The first-order chi connectivity index (χ1) is 11.3. The van der Waals surface area contributed by atoms with E-state index >= 15 is 0 Å². The molecule has 1 amide bonds. The van der Waals surface area contributed by atoms with Crippen molar-refractivity contribution in [1.29, 1.82) is 0 Å². The molecule has 0 saturated heterocycles. The van der Waals surface area contributed by atoms with Gasteiger partial charge in [0.05, 0.1) is 0 Å². The predicted octanol–water partition coefficient (Wildman–Crippen LogP) is 4.33. The van der Waals surface area contributed by atoms with Gasteiger partial charge in [-0.3, -0.25) is 4.79 Å². The highest BCUT2D eigenvalue weighted by molar-refractivity contribution is 7.99. The molecule has 3 aromatic rings. The van der Waals surface area contributed by atoms with Crippen LogP contribution in [0.3, 0.4) is 0 Å². The first-order valence-electron chi connectivity index (χ1n) is 7.18. The Bertz CT molecular complexity index is 760. The highest BCUT2D eigenvalue weighted by Gasteiger charge is 2.09. The molecule has 0 fully saturated rings. The van der Waals surface area contributed by atoms with Gasteiger partial charge in [0.25, 0.3) is 0 Å². The summed E-state index contributed by atoms with van der Waals surface area (Å²) < 4.78 is 0. The van der Waals surface area contributed by atoms with E-state index in [1.54, 1.807) is 11.8 Å². The lowest BCUT2D eigenvalue weighted by Crippen LogP contribution is -2.11. The molecule has 0 radical (unpaired) electrons. The van der Waals surface area contributed by atoms with Crippen LogP contribution in [0.1, 0.15) is 6.42 Å². The van der Waals surface area contributed by atoms with Gasteiger partial charge in [0.1, 0.15) is 5.01 Å². The normalized spacial score (nSPS) is 10.4. The number of benzene rings is 2. The van der Waals surface area contributed by atoms with Crippen molar-refractivity contribution in [3.05, 3.63) is 60.7 Å². The third-order valence-electron chi connectivity index (χ3n) is 3.03. The molecule has 0 saturated carbocycles. The molecular formula is C17H15N3OS2. The maximum absolute atomic E-state index is 12.0. The van der Waals surface area contributed by atoms with Crippen molar-refractivity contribution in [2.24, 2.45) is 0 Å². The van der Waals surface area contributed by atoms with E-state index in [2.05, 4.69) is 15.5 Å². The monoisotopic (exact) mass is 341 g/mol. The zero-order chi connectivity index (χ0) is 15.9. The van der Waals surface area contributed by atoms with Crippen LogP contribution in [-0.4, -0.2) is 21.9 Å². The van der Waals surface area contributed by atoms with Crippen LogP contribution in [0.15, 0.2) is 65.6 Å². The Hall–Kier alpha value is -2.18. The minimum atomic E-state index is -0.0378. The number of nitrogens with zero attached hydrogens (tertiary/aromatic N) is 2. The van der Waals surface area contributed by atoms with Gasteiger partial charge in [0.2, 0.25) is 11.0 Å². The quantitative estimate of drug-likeness (QED) is 0.678. The molecule has 0 aliphatic carbocycles. The van der Waals surface area contributed by atoms with Crippen LogP contribution in [0.5, 0.6) is 0 Å². The van der Waals surface area contributed by atoms with Crippen LogP contribution >= 0.6 is 23.1 Å². The summed E-state index contributed by atoms with van der Waals surface area (Å²) in [4.78, 5) is 13.1.